The molecule has 3 aromatic rings. The Morgan fingerprint density at radius 1 is 1.19 bits per heavy atom. The number of anilines is 1. The van der Waals surface area contributed by atoms with E-state index in [1.165, 1.54) is 11.8 Å². The Kier molecular flexibility index (Phi) is 6.49. The molecule has 0 fully saturated rings. The number of nitrogens with one attached hydrogen (secondary N) is 1. The number of aliphatic hydroxyl groups is 1. The van der Waals surface area contributed by atoms with Crippen molar-refractivity contribution in [2.45, 2.75) is 24.6 Å². The minimum atomic E-state index is -0.539. The molecule has 1 amide bonds. The number of rotatable bonds is 7. The average Bonchev–Trinajstić information content (AvgIpc) is 3.04. The van der Waals surface area contributed by atoms with E-state index in [9.17, 15) is 9.90 Å². The summed E-state index contributed by atoms with van der Waals surface area (Å²) in [6, 6.07) is 16.6. The van der Waals surface area contributed by atoms with Gasteiger partial charge in [0.15, 0.2) is 5.16 Å². The molecule has 6 nitrogen and oxygen atoms in total. The highest BCUT2D eigenvalue weighted by atomic mass is 35.5. The number of hydrogen-bond acceptors (Lipinski definition) is 5. The number of halogens is 1. The van der Waals surface area contributed by atoms with Crippen LogP contribution in [0.15, 0.2) is 59.8 Å². The van der Waals surface area contributed by atoms with Crippen LogP contribution in [0.5, 0.6) is 0 Å². The molecule has 2 N–H and O–H groups in total. The number of aliphatic hydroxyl groups excluding tert-OH is 1. The lowest BCUT2D eigenvalue weighted by Crippen LogP contribution is -2.15. The fourth-order valence-corrected chi connectivity index (χ4v) is 3.38. The maximum Gasteiger partial charge on any atom is 0.234 e. The summed E-state index contributed by atoms with van der Waals surface area (Å²) in [5.41, 5.74) is 1.57. The summed E-state index contributed by atoms with van der Waals surface area (Å²) < 4.78 is 1.87. The number of carbonyl (C=O) groups excluding carboxylic acids is 1. The number of benzene rings is 2. The normalized spacial score (nSPS) is 12.0. The molecule has 27 heavy (non-hydrogen) atoms. The molecule has 0 aliphatic rings. The molecule has 1 atom stereocenters. The Labute approximate surface area is 166 Å². The van der Waals surface area contributed by atoms with E-state index in [0.717, 1.165) is 5.69 Å². The van der Waals surface area contributed by atoms with Crippen molar-refractivity contribution in [2.75, 3.05) is 11.1 Å². The smallest absolute Gasteiger partial charge is 0.234 e. The van der Waals surface area contributed by atoms with Crippen molar-refractivity contribution in [3.8, 4) is 5.69 Å². The number of amides is 1. The van der Waals surface area contributed by atoms with Gasteiger partial charge in [0.1, 0.15) is 5.82 Å². The van der Waals surface area contributed by atoms with E-state index in [1.807, 2.05) is 34.9 Å². The first-order valence-corrected chi connectivity index (χ1v) is 9.75. The highest BCUT2D eigenvalue weighted by molar-refractivity contribution is 7.99. The van der Waals surface area contributed by atoms with Crippen LogP contribution in [-0.4, -0.2) is 37.6 Å². The van der Waals surface area contributed by atoms with E-state index in [0.29, 0.717) is 28.1 Å². The minimum Gasteiger partial charge on any atom is -0.393 e. The Balaban J connectivity index is 1.73. The van der Waals surface area contributed by atoms with Crippen LogP contribution in [0.4, 0.5) is 5.69 Å². The number of hydrogen-bond donors (Lipinski definition) is 2. The summed E-state index contributed by atoms with van der Waals surface area (Å²) in [4.78, 5) is 12.2. The molecule has 3 rings (SSSR count). The number of thioether (sulfide) groups is 1. The molecule has 0 saturated carbocycles. The van der Waals surface area contributed by atoms with Gasteiger partial charge in [0, 0.05) is 22.8 Å². The van der Waals surface area contributed by atoms with Crippen molar-refractivity contribution < 1.29 is 9.90 Å². The van der Waals surface area contributed by atoms with Gasteiger partial charge in [0.25, 0.3) is 0 Å². The second-order valence-electron chi connectivity index (χ2n) is 5.97. The highest BCUT2D eigenvalue weighted by Crippen LogP contribution is 2.23. The summed E-state index contributed by atoms with van der Waals surface area (Å²) in [7, 11) is 0. The van der Waals surface area contributed by atoms with Gasteiger partial charge in [0.2, 0.25) is 5.91 Å². The maximum atomic E-state index is 12.2. The standard InChI is InChI=1S/C19H19ClN4O2S/c1-13(25)11-17-22-23-19(24(17)16-5-3-2-4-6-16)27-12-18(26)21-15-9-7-14(20)8-10-15/h2-10,13,25H,11-12H2,1H3,(H,21,26)/t13-/m0/s1. The van der Waals surface area contributed by atoms with Crippen molar-refractivity contribution in [1.29, 1.82) is 0 Å². The minimum absolute atomic E-state index is 0.151. The molecule has 2 aromatic carbocycles. The summed E-state index contributed by atoms with van der Waals surface area (Å²) in [5, 5.41) is 22.2. The topological polar surface area (TPSA) is 80.0 Å². The van der Waals surface area contributed by atoms with Crippen LogP contribution in [0.3, 0.4) is 0 Å². The molecule has 140 valence electrons. The lowest BCUT2D eigenvalue weighted by molar-refractivity contribution is -0.113. The van der Waals surface area contributed by atoms with Crippen LogP contribution >= 0.6 is 23.4 Å². The molecule has 0 saturated heterocycles. The second-order valence-corrected chi connectivity index (χ2v) is 7.35. The van der Waals surface area contributed by atoms with E-state index < -0.39 is 6.10 Å². The summed E-state index contributed by atoms with van der Waals surface area (Å²) in [5.74, 6) is 0.682. The Hall–Kier alpha value is -2.35. The molecule has 1 heterocycles. The zero-order valence-corrected chi connectivity index (χ0v) is 16.2. The molecule has 0 aliphatic heterocycles. The molecule has 0 spiro atoms. The predicted molar refractivity (Wildman–Crippen MR) is 108 cm³/mol. The summed E-state index contributed by atoms with van der Waals surface area (Å²) in [6.45, 7) is 1.70. The summed E-state index contributed by atoms with van der Waals surface area (Å²) in [6.07, 6.45) is -0.165. The van der Waals surface area contributed by atoms with Crippen molar-refractivity contribution in [3.05, 3.63) is 65.4 Å². The van der Waals surface area contributed by atoms with E-state index in [4.69, 9.17) is 11.6 Å². The van der Waals surface area contributed by atoms with Gasteiger partial charge in [-0.25, -0.2) is 0 Å². The van der Waals surface area contributed by atoms with Gasteiger partial charge in [-0.1, -0.05) is 41.6 Å². The third kappa shape index (κ3) is 5.32. The van der Waals surface area contributed by atoms with Crippen LogP contribution < -0.4 is 5.32 Å². The largest absolute Gasteiger partial charge is 0.393 e. The van der Waals surface area contributed by atoms with E-state index in [2.05, 4.69) is 15.5 Å². The van der Waals surface area contributed by atoms with Crippen molar-refractivity contribution in [3.63, 3.8) is 0 Å². The van der Waals surface area contributed by atoms with E-state index >= 15 is 0 Å². The SMILES string of the molecule is C[C@H](O)Cc1nnc(SCC(=O)Nc2ccc(Cl)cc2)n1-c1ccccc1. The molecule has 8 heteroatoms. The first kappa shape index (κ1) is 19.4. The van der Waals surface area contributed by atoms with Gasteiger partial charge in [-0.2, -0.15) is 0 Å². The Morgan fingerprint density at radius 3 is 2.56 bits per heavy atom. The van der Waals surface area contributed by atoms with Crippen molar-refractivity contribution in [1.82, 2.24) is 14.8 Å². The first-order valence-electron chi connectivity index (χ1n) is 8.39. The van der Waals surface area contributed by atoms with Crippen LogP contribution in [0.25, 0.3) is 5.69 Å². The number of aromatic nitrogens is 3. The van der Waals surface area contributed by atoms with Crippen LogP contribution in [0.1, 0.15) is 12.7 Å². The molecule has 0 radical (unpaired) electrons. The first-order chi connectivity index (χ1) is 13.0. The second kappa shape index (κ2) is 9.03. The molecule has 0 unspecified atom stereocenters. The quantitative estimate of drug-likeness (QED) is 0.590. The van der Waals surface area contributed by atoms with Gasteiger partial charge in [-0.05, 0) is 43.3 Å². The predicted octanol–water partition coefficient (Wildman–Crippen LogP) is 3.57. The Morgan fingerprint density at radius 2 is 1.89 bits per heavy atom. The number of carbonyl (C=O) groups is 1. The van der Waals surface area contributed by atoms with Gasteiger partial charge in [0.05, 0.1) is 11.9 Å². The van der Waals surface area contributed by atoms with Crippen LogP contribution in [0.2, 0.25) is 5.02 Å². The lowest BCUT2D eigenvalue weighted by atomic mass is 10.2. The van der Waals surface area contributed by atoms with Crippen molar-refractivity contribution >= 4 is 35.0 Å². The molecular formula is C19H19ClN4O2S. The fraction of sp³-hybridized carbons (Fsp3) is 0.211. The van der Waals surface area contributed by atoms with Gasteiger partial charge in [-0.3, -0.25) is 9.36 Å². The third-order valence-electron chi connectivity index (χ3n) is 3.65. The van der Waals surface area contributed by atoms with E-state index in [-0.39, 0.29) is 11.7 Å². The Bertz CT molecular complexity index is 898. The molecule has 0 aliphatic carbocycles. The zero-order valence-electron chi connectivity index (χ0n) is 14.7. The van der Waals surface area contributed by atoms with Crippen LogP contribution in [-0.2, 0) is 11.2 Å². The third-order valence-corrected chi connectivity index (χ3v) is 4.83. The lowest BCUT2D eigenvalue weighted by Gasteiger charge is -2.11. The van der Waals surface area contributed by atoms with Gasteiger partial charge < -0.3 is 10.4 Å². The molecular weight excluding hydrogens is 384 g/mol. The van der Waals surface area contributed by atoms with E-state index in [1.54, 1.807) is 31.2 Å². The monoisotopic (exact) mass is 402 g/mol. The maximum absolute atomic E-state index is 12.2. The molecule has 1 aromatic heterocycles. The number of para-hydroxylation sites is 1. The highest BCUT2D eigenvalue weighted by Gasteiger charge is 2.17. The van der Waals surface area contributed by atoms with Crippen molar-refractivity contribution in [2.24, 2.45) is 0 Å². The average molecular weight is 403 g/mol. The zero-order chi connectivity index (χ0) is 19.2. The summed E-state index contributed by atoms with van der Waals surface area (Å²) >= 11 is 7.14. The fourth-order valence-electron chi connectivity index (χ4n) is 2.49. The van der Waals surface area contributed by atoms with Crippen LogP contribution in [0, 0.1) is 0 Å². The van der Waals surface area contributed by atoms with Gasteiger partial charge in [-0.15, -0.1) is 10.2 Å². The molecule has 0 bridgehead atoms. The van der Waals surface area contributed by atoms with Gasteiger partial charge >= 0.3 is 0 Å². The number of nitrogens with zero attached hydrogens (tertiary/aromatic N) is 3.